The summed E-state index contributed by atoms with van der Waals surface area (Å²) >= 11 is 6.08. The number of hydrogen-bond acceptors (Lipinski definition) is 3. The third-order valence-electron chi connectivity index (χ3n) is 4.22. The summed E-state index contributed by atoms with van der Waals surface area (Å²) in [6, 6.07) is 9.17. The molecule has 8 heteroatoms. The Morgan fingerprint density at radius 2 is 1.69 bits per heavy atom. The van der Waals surface area contributed by atoms with Crippen LogP contribution in [0.25, 0.3) is 0 Å². The lowest BCUT2D eigenvalue weighted by Gasteiger charge is -2.22. The molecule has 0 aliphatic carbocycles. The highest BCUT2D eigenvalue weighted by molar-refractivity contribution is 6.34. The van der Waals surface area contributed by atoms with Gasteiger partial charge in [0.1, 0.15) is 11.9 Å². The quantitative estimate of drug-likeness (QED) is 0.751. The zero-order valence-corrected chi connectivity index (χ0v) is 17.4. The maximum absolute atomic E-state index is 13.9. The first-order chi connectivity index (χ1) is 13.6. The van der Waals surface area contributed by atoms with Crippen LogP contribution in [0.4, 0.5) is 10.1 Å². The van der Waals surface area contributed by atoms with Gasteiger partial charge in [0.05, 0.1) is 16.1 Å². The van der Waals surface area contributed by atoms with E-state index in [-0.39, 0.29) is 28.0 Å². The third kappa shape index (κ3) is 5.54. The lowest BCUT2D eigenvalue weighted by Crippen LogP contribution is -2.47. The Kier molecular flexibility index (Phi) is 7.34. The summed E-state index contributed by atoms with van der Waals surface area (Å²) in [5, 5.41) is 5.51. The normalized spacial score (nSPS) is 11.7. The van der Waals surface area contributed by atoms with E-state index < -0.39 is 23.7 Å². The lowest BCUT2D eigenvalue weighted by atomic mass is 10.0. The standard InChI is InChI=1S/C21H23ClFN3O3/c1-12(2)18(25-19(27)14-7-5-6-8-17(14)23)20(28)24-13-9-10-16(22)15(11-13)21(29)26(3)4/h5-12,18H,1-4H3,(H,24,28)(H,25,27). The van der Waals surface area contributed by atoms with Crippen molar-refractivity contribution in [1.82, 2.24) is 10.2 Å². The molecular formula is C21H23ClFN3O3. The molecule has 0 spiro atoms. The largest absolute Gasteiger partial charge is 0.345 e. The van der Waals surface area contributed by atoms with E-state index in [0.717, 1.165) is 0 Å². The predicted octanol–water partition coefficient (Wildman–Crippen LogP) is 3.57. The Morgan fingerprint density at radius 3 is 2.28 bits per heavy atom. The van der Waals surface area contributed by atoms with E-state index in [1.165, 1.54) is 35.2 Å². The maximum Gasteiger partial charge on any atom is 0.254 e. The van der Waals surface area contributed by atoms with Crippen molar-refractivity contribution in [2.75, 3.05) is 19.4 Å². The first-order valence-electron chi connectivity index (χ1n) is 8.99. The van der Waals surface area contributed by atoms with Gasteiger partial charge in [0.15, 0.2) is 0 Å². The smallest absolute Gasteiger partial charge is 0.254 e. The molecule has 2 N–H and O–H groups in total. The Labute approximate surface area is 174 Å². The molecule has 0 aliphatic heterocycles. The van der Waals surface area contributed by atoms with Gasteiger partial charge in [-0.2, -0.15) is 0 Å². The number of carbonyl (C=O) groups is 3. The maximum atomic E-state index is 13.9. The summed E-state index contributed by atoms with van der Waals surface area (Å²) in [7, 11) is 3.19. The van der Waals surface area contributed by atoms with Crippen molar-refractivity contribution in [3.05, 3.63) is 64.4 Å². The van der Waals surface area contributed by atoms with Crippen molar-refractivity contribution in [3.63, 3.8) is 0 Å². The molecule has 2 rings (SSSR count). The van der Waals surface area contributed by atoms with E-state index in [1.807, 2.05) is 0 Å². The molecule has 29 heavy (non-hydrogen) atoms. The van der Waals surface area contributed by atoms with Gasteiger partial charge in [-0.1, -0.05) is 37.6 Å². The lowest BCUT2D eigenvalue weighted by molar-refractivity contribution is -0.118. The molecule has 1 atom stereocenters. The first kappa shape index (κ1) is 22.4. The van der Waals surface area contributed by atoms with Crippen molar-refractivity contribution >= 4 is 35.0 Å². The van der Waals surface area contributed by atoms with E-state index in [2.05, 4.69) is 10.6 Å². The third-order valence-corrected chi connectivity index (χ3v) is 4.55. The molecule has 6 nitrogen and oxygen atoms in total. The van der Waals surface area contributed by atoms with E-state index in [1.54, 1.807) is 40.1 Å². The van der Waals surface area contributed by atoms with E-state index in [0.29, 0.717) is 5.69 Å². The molecule has 0 aromatic heterocycles. The van der Waals surface area contributed by atoms with Gasteiger partial charge in [0.2, 0.25) is 5.91 Å². The van der Waals surface area contributed by atoms with Gasteiger partial charge >= 0.3 is 0 Å². The van der Waals surface area contributed by atoms with Gasteiger partial charge in [0, 0.05) is 19.8 Å². The highest BCUT2D eigenvalue weighted by Crippen LogP contribution is 2.22. The number of amides is 3. The van der Waals surface area contributed by atoms with Gasteiger partial charge in [-0.3, -0.25) is 14.4 Å². The summed E-state index contributed by atoms with van der Waals surface area (Å²) in [6.07, 6.45) is 0. The van der Waals surface area contributed by atoms with Crippen LogP contribution >= 0.6 is 11.6 Å². The number of nitrogens with one attached hydrogen (secondary N) is 2. The highest BCUT2D eigenvalue weighted by atomic mass is 35.5. The average molecular weight is 420 g/mol. The van der Waals surface area contributed by atoms with Gasteiger partial charge in [-0.05, 0) is 36.2 Å². The second kappa shape index (κ2) is 9.52. The molecule has 0 bridgehead atoms. The van der Waals surface area contributed by atoms with Crippen molar-refractivity contribution in [2.45, 2.75) is 19.9 Å². The molecule has 0 saturated carbocycles. The first-order valence-corrected chi connectivity index (χ1v) is 9.37. The minimum absolute atomic E-state index is 0.142. The Morgan fingerprint density at radius 1 is 1.03 bits per heavy atom. The molecule has 3 amide bonds. The monoisotopic (exact) mass is 419 g/mol. The van der Waals surface area contributed by atoms with Crippen molar-refractivity contribution in [1.29, 1.82) is 0 Å². The number of anilines is 1. The summed E-state index contributed by atoms with van der Waals surface area (Å²) < 4.78 is 13.9. The molecule has 0 aliphatic rings. The van der Waals surface area contributed by atoms with Crippen LogP contribution in [0.15, 0.2) is 42.5 Å². The fraction of sp³-hybridized carbons (Fsp3) is 0.286. The zero-order chi connectivity index (χ0) is 21.7. The SMILES string of the molecule is CC(C)C(NC(=O)c1ccccc1F)C(=O)Nc1ccc(Cl)c(C(=O)N(C)C)c1. The molecule has 2 aromatic rings. The number of rotatable bonds is 6. The Balaban J connectivity index is 2.20. The van der Waals surface area contributed by atoms with Gasteiger partial charge in [0.25, 0.3) is 11.8 Å². The number of benzene rings is 2. The summed E-state index contributed by atoms with van der Waals surface area (Å²) in [5.41, 5.74) is 0.456. The van der Waals surface area contributed by atoms with Crippen LogP contribution in [0.5, 0.6) is 0 Å². The van der Waals surface area contributed by atoms with Crippen molar-refractivity contribution < 1.29 is 18.8 Å². The fourth-order valence-electron chi connectivity index (χ4n) is 2.63. The van der Waals surface area contributed by atoms with Gasteiger partial charge < -0.3 is 15.5 Å². The van der Waals surface area contributed by atoms with Gasteiger partial charge in [-0.15, -0.1) is 0 Å². The minimum atomic E-state index is -0.911. The van der Waals surface area contributed by atoms with Crippen LogP contribution in [0.1, 0.15) is 34.6 Å². The number of hydrogen-bond donors (Lipinski definition) is 2. The topological polar surface area (TPSA) is 78.5 Å². The molecule has 0 saturated heterocycles. The van der Waals surface area contributed by atoms with E-state index in [9.17, 15) is 18.8 Å². The molecule has 0 radical (unpaired) electrons. The van der Waals surface area contributed by atoms with E-state index in [4.69, 9.17) is 11.6 Å². The second-order valence-corrected chi connectivity index (χ2v) is 7.47. The van der Waals surface area contributed by atoms with Crippen molar-refractivity contribution in [2.24, 2.45) is 5.92 Å². The average Bonchev–Trinajstić information content (AvgIpc) is 2.66. The predicted molar refractivity (Wildman–Crippen MR) is 111 cm³/mol. The van der Waals surface area contributed by atoms with Crippen LogP contribution in [0.3, 0.4) is 0 Å². The molecule has 1 unspecified atom stereocenters. The zero-order valence-electron chi connectivity index (χ0n) is 16.6. The summed E-state index contributed by atoms with van der Waals surface area (Å²) in [6.45, 7) is 3.52. The van der Waals surface area contributed by atoms with Crippen molar-refractivity contribution in [3.8, 4) is 0 Å². The molecule has 154 valence electrons. The van der Waals surface area contributed by atoms with Crippen LogP contribution in [0.2, 0.25) is 5.02 Å². The Bertz CT molecular complexity index is 931. The second-order valence-electron chi connectivity index (χ2n) is 7.06. The number of carbonyl (C=O) groups excluding carboxylic acids is 3. The van der Waals surface area contributed by atoms with Crippen LogP contribution < -0.4 is 10.6 Å². The summed E-state index contributed by atoms with van der Waals surface area (Å²) in [4.78, 5) is 38.7. The fourth-order valence-corrected chi connectivity index (χ4v) is 2.83. The van der Waals surface area contributed by atoms with Crippen LogP contribution in [-0.4, -0.2) is 42.8 Å². The van der Waals surface area contributed by atoms with Gasteiger partial charge in [-0.25, -0.2) is 4.39 Å². The van der Waals surface area contributed by atoms with Crippen LogP contribution in [0, 0.1) is 11.7 Å². The molecule has 0 fully saturated rings. The molecule has 0 heterocycles. The number of halogens is 2. The highest BCUT2D eigenvalue weighted by Gasteiger charge is 2.26. The van der Waals surface area contributed by atoms with E-state index >= 15 is 0 Å². The minimum Gasteiger partial charge on any atom is -0.345 e. The Hall–Kier alpha value is -2.93. The molecular weight excluding hydrogens is 397 g/mol. The van der Waals surface area contributed by atoms with Crippen LogP contribution in [-0.2, 0) is 4.79 Å². The summed E-state index contributed by atoms with van der Waals surface area (Å²) in [5.74, 6) is -2.41. The molecule has 2 aromatic carbocycles. The number of nitrogens with zero attached hydrogens (tertiary/aromatic N) is 1.